The first kappa shape index (κ1) is 12.8. The zero-order valence-electron chi connectivity index (χ0n) is 9.90. The highest BCUT2D eigenvalue weighted by Gasteiger charge is 2.07. The molecule has 0 spiro atoms. The summed E-state index contributed by atoms with van der Waals surface area (Å²) in [4.78, 5) is 0. The molecule has 0 fully saturated rings. The Kier molecular flexibility index (Phi) is 3.65. The maximum Gasteiger partial charge on any atom is 0.119 e. The molecule has 0 bridgehead atoms. The summed E-state index contributed by atoms with van der Waals surface area (Å²) in [5.41, 5.74) is 1.15. The Morgan fingerprint density at radius 3 is 2.58 bits per heavy atom. The number of fused-ring (bicyclic) bond motifs is 1. The van der Waals surface area contributed by atoms with Crippen LogP contribution in [-0.2, 0) is 6.61 Å². The van der Waals surface area contributed by atoms with Crippen LogP contribution in [-0.4, -0.2) is 0 Å². The van der Waals surface area contributed by atoms with Gasteiger partial charge in [0, 0.05) is 16.0 Å². The van der Waals surface area contributed by atoms with Gasteiger partial charge in [-0.15, -0.1) is 11.3 Å². The first-order valence-electron chi connectivity index (χ1n) is 5.77. The number of thiophene rings is 1. The molecule has 0 saturated carbocycles. The quantitative estimate of drug-likeness (QED) is 0.595. The average molecular weight is 309 g/mol. The molecule has 3 aromatic rings. The normalized spacial score (nSPS) is 10.8. The lowest BCUT2D eigenvalue weighted by Gasteiger charge is -2.05. The van der Waals surface area contributed by atoms with Gasteiger partial charge in [-0.25, -0.2) is 0 Å². The zero-order chi connectivity index (χ0) is 13.2. The SMILES string of the molecule is Clc1ccc(OCc2csc3c(Cl)cccc23)cc1. The Labute approximate surface area is 125 Å². The first-order chi connectivity index (χ1) is 9.24. The highest BCUT2D eigenvalue weighted by Crippen LogP contribution is 2.32. The van der Waals surface area contributed by atoms with Crippen LogP contribution in [0.3, 0.4) is 0 Å². The fourth-order valence-corrected chi connectivity index (χ4v) is 3.27. The molecule has 0 aliphatic heterocycles. The van der Waals surface area contributed by atoms with Crippen LogP contribution in [0.25, 0.3) is 10.1 Å². The van der Waals surface area contributed by atoms with E-state index in [2.05, 4.69) is 11.4 Å². The highest BCUT2D eigenvalue weighted by atomic mass is 35.5. The lowest BCUT2D eigenvalue weighted by molar-refractivity contribution is 0.308. The average Bonchev–Trinajstić information content (AvgIpc) is 2.83. The monoisotopic (exact) mass is 308 g/mol. The van der Waals surface area contributed by atoms with Crippen molar-refractivity contribution in [2.24, 2.45) is 0 Å². The van der Waals surface area contributed by atoms with Crippen molar-refractivity contribution in [3.8, 4) is 5.75 Å². The molecule has 1 nitrogen and oxygen atoms in total. The molecule has 2 aromatic carbocycles. The third-order valence-electron chi connectivity index (χ3n) is 2.84. The molecule has 0 amide bonds. The molecule has 4 heteroatoms. The summed E-state index contributed by atoms with van der Waals surface area (Å²) >= 11 is 13.6. The second-order valence-corrected chi connectivity index (χ2v) is 5.84. The van der Waals surface area contributed by atoms with Crippen molar-refractivity contribution in [1.29, 1.82) is 0 Å². The Hall–Kier alpha value is -1.22. The molecule has 3 rings (SSSR count). The van der Waals surface area contributed by atoms with Crippen molar-refractivity contribution in [2.75, 3.05) is 0 Å². The summed E-state index contributed by atoms with van der Waals surface area (Å²) in [6, 6.07) is 13.3. The molecular formula is C15H10Cl2OS. The number of halogens is 2. The van der Waals surface area contributed by atoms with Crippen molar-refractivity contribution >= 4 is 44.6 Å². The van der Waals surface area contributed by atoms with Crippen molar-refractivity contribution in [2.45, 2.75) is 6.61 Å². The summed E-state index contributed by atoms with van der Waals surface area (Å²) in [6.45, 7) is 0.530. The summed E-state index contributed by atoms with van der Waals surface area (Å²) in [5, 5.41) is 4.75. The minimum atomic E-state index is 0.530. The predicted octanol–water partition coefficient (Wildman–Crippen LogP) is 5.79. The summed E-state index contributed by atoms with van der Waals surface area (Å²) < 4.78 is 6.87. The van der Waals surface area contributed by atoms with E-state index in [0.29, 0.717) is 11.6 Å². The van der Waals surface area contributed by atoms with E-state index in [1.807, 2.05) is 36.4 Å². The predicted molar refractivity (Wildman–Crippen MR) is 82.6 cm³/mol. The van der Waals surface area contributed by atoms with Crippen LogP contribution >= 0.6 is 34.5 Å². The third kappa shape index (κ3) is 2.71. The summed E-state index contributed by atoms with van der Waals surface area (Å²) in [7, 11) is 0. The van der Waals surface area contributed by atoms with Crippen LogP contribution < -0.4 is 4.74 Å². The second kappa shape index (κ2) is 5.41. The van der Waals surface area contributed by atoms with E-state index in [-0.39, 0.29) is 0 Å². The Balaban J connectivity index is 1.82. The van der Waals surface area contributed by atoms with Crippen LogP contribution in [0.4, 0.5) is 0 Å². The molecule has 0 saturated heterocycles. The maximum absolute atomic E-state index is 6.16. The van der Waals surface area contributed by atoms with Crippen molar-refractivity contribution < 1.29 is 4.74 Å². The van der Waals surface area contributed by atoms with E-state index in [0.717, 1.165) is 26.4 Å². The molecule has 0 unspecified atom stereocenters. The van der Waals surface area contributed by atoms with Crippen molar-refractivity contribution in [3.05, 3.63) is 63.5 Å². The summed E-state index contributed by atoms with van der Waals surface area (Å²) in [5.74, 6) is 0.811. The minimum Gasteiger partial charge on any atom is -0.489 e. The van der Waals surface area contributed by atoms with Gasteiger partial charge in [0.2, 0.25) is 0 Å². The van der Waals surface area contributed by atoms with E-state index in [9.17, 15) is 0 Å². The van der Waals surface area contributed by atoms with E-state index < -0.39 is 0 Å². The van der Waals surface area contributed by atoms with E-state index in [4.69, 9.17) is 27.9 Å². The van der Waals surface area contributed by atoms with Gasteiger partial charge in [0.05, 0.1) is 9.72 Å². The highest BCUT2D eigenvalue weighted by molar-refractivity contribution is 7.18. The van der Waals surface area contributed by atoms with Gasteiger partial charge < -0.3 is 4.74 Å². The fourth-order valence-electron chi connectivity index (χ4n) is 1.88. The van der Waals surface area contributed by atoms with Gasteiger partial charge in [0.1, 0.15) is 12.4 Å². The van der Waals surface area contributed by atoms with Gasteiger partial charge in [-0.1, -0.05) is 35.3 Å². The number of rotatable bonds is 3. The van der Waals surface area contributed by atoms with Gasteiger partial charge in [0.15, 0.2) is 0 Å². The standard InChI is InChI=1S/C15H10Cl2OS/c16-11-4-6-12(7-5-11)18-8-10-9-19-15-13(10)2-1-3-14(15)17/h1-7,9H,8H2. The van der Waals surface area contributed by atoms with Crippen LogP contribution in [0.2, 0.25) is 10.0 Å². The molecule has 96 valence electrons. The van der Waals surface area contributed by atoms with Crippen LogP contribution in [0.1, 0.15) is 5.56 Å². The van der Waals surface area contributed by atoms with Gasteiger partial charge in [0.25, 0.3) is 0 Å². The number of benzene rings is 2. The molecule has 0 atom stereocenters. The first-order valence-corrected chi connectivity index (χ1v) is 7.40. The number of ether oxygens (including phenoxy) is 1. The Morgan fingerprint density at radius 2 is 1.79 bits per heavy atom. The molecule has 0 radical (unpaired) electrons. The maximum atomic E-state index is 6.16. The molecule has 1 aromatic heterocycles. The largest absolute Gasteiger partial charge is 0.489 e. The van der Waals surface area contributed by atoms with E-state index in [1.165, 1.54) is 0 Å². The number of hydrogen-bond donors (Lipinski definition) is 0. The molecule has 19 heavy (non-hydrogen) atoms. The van der Waals surface area contributed by atoms with Gasteiger partial charge in [-0.05, 0) is 35.7 Å². The topological polar surface area (TPSA) is 9.23 Å². The van der Waals surface area contributed by atoms with E-state index in [1.54, 1.807) is 11.3 Å². The van der Waals surface area contributed by atoms with Crippen LogP contribution in [0, 0.1) is 0 Å². The van der Waals surface area contributed by atoms with Crippen LogP contribution in [0.5, 0.6) is 5.75 Å². The summed E-state index contributed by atoms with van der Waals surface area (Å²) in [6.07, 6.45) is 0. The van der Waals surface area contributed by atoms with Gasteiger partial charge >= 0.3 is 0 Å². The lowest BCUT2D eigenvalue weighted by Crippen LogP contribution is -1.93. The van der Waals surface area contributed by atoms with Crippen molar-refractivity contribution in [3.63, 3.8) is 0 Å². The van der Waals surface area contributed by atoms with Crippen molar-refractivity contribution in [1.82, 2.24) is 0 Å². The smallest absolute Gasteiger partial charge is 0.119 e. The molecule has 0 aliphatic rings. The third-order valence-corrected chi connectivity index (χ3v) is 4.60. The van der Waals surface area contributed by atoms with E-state index >= 15 is 0 Å². The van der Waals surface area contributed by atoms with Gasteiger partial charge in [-0.3, -0.25) is 0 Å². The van der Waals surface area contributed by atoms with Gasteiger partial charge in [-0.2, -0.15) is 0 Å². The van der Waals surface area contributed by atoms with Crippen LogP contribution in [0.15, 0.2) is 47.8 Å². The molecule has 0 aliphatic carbocycles. The fraction of sp³-hybridized carbons (Fsp3) is 0.0667. The zero-order valence-corrected chi connectivity index (χ0v) is 12.2. The molecular weight excluding hydrogens is 299 g/mol. The molecule has 0 N–H and O–H groups in total. The molecule has 1 heterocycles. The number of hydrogen-bond acceptors (Lipinski definition) is 2. The minimum absolute atomic E-state index is 0.530. The Bertz CT molecular complexity index is 704. The Morgan fingerprint density at radius 1 is 1.00 bits per heavy atom. The second-order valence-electron chi connectivity index (χ2n) is 4.12. The lowest BCUT2D eigenvalue weighted by atomic mass is 10.2.